The van der Waals surface area contributed by atoms with Crippen molar-refractivity contribution in [3.63, 3.8) is 0 Å². The van der Waals surface area contributed by atoms with Crippen LogP contribution in [0.1, 0.15) is 31.2 Å². The first-order valence-corrected chi connectivity index (χ1v) is 12.4. The second-order valence-corrected chi connectivity index (χ2v) is 11.3. The Morgan fingerprint density at radius 2 is 2.00 bits per heavy atom. The standard InChI is InChI=1S/C22H24ClFN4O5S/c1-22(2,11-29)21-27-26-19(33-21)14-7-17-18(8-15(14)24)34(31,32)10-16(25)20(30)28(17)9-12-3-5-13(23)6-4-12/h3-8,16,19,26,29H,9-11,25H2,1-2H3/t16-,19?/m0/s1. The topological polar surface area (TPSA) is 134 Å². The summed E-state index contributed by atoms with van der Waals surface area (Å²) >= 11 is 5.95. The van der Waals surface area contributed by atoms with Gasteiger partial charge in [-0.15, -0.1) is 5.10 Å². The molecule has 0 radical (unpaired) electrons. The number of carbonyl (C=O) groups is 1. The summed E-state index contributed by atoms with van der Waals surface area (Å²) in [5.74, 6) is -1.95. The molecular formula is C22H24ClFN4O5S. The largest absolute Gasteiger partial charge is 0.450 e. The van der Waals surface area contributed by atoms with E-state index in [9.17, 15) is 18.3 Å². The zero-order valence-electron chi connectivity index (χ0n) is 18.5. The number of amides is 1. The van der Waals surface area contributed by atoms with Gasteiger partial charge in [-0.25, -0.2) is 12.8 Å². The van der Waals surface area contributed by atoms with Crippen LogP contribution in [0.5, 0.6) is 0 Å². The molecule has 0 saturated carbocycles. The molecule has 2 atom stereocenters. The number of halogens is 2. The normalized spacial score (nSPS) is 21.9. The number of carbonyl (C=O) groups excluding carboxylic acids is 1. The summed E-state index contributed by atoms with van der Waals surface area (Å²) in [6, 6.07) is 7.50. The second-order valence-electron chi connectivity index (χ2n) is 8.87. The summed E-state index contributed by atoms with van der Waals surface area (Å²) in [6.45, 7) is 3.13. The molecule has 9 nitrogen and oxygen atoms in total. The minimum absolute atomic E-state index is 0.00442. The average Bonchev–Trinajstić information content (AvgIpc) is 3.27. The van der Waals surface area contributed by atoms with Gasteiger partial charge in [0.25, 0.3) is 0 Å². The van der Waals surface area contributed by atoms with Crippen molar-refractivity contribution in [1.82, 2.24) is 5.43 Å². The first-order valence-electron chi connectivity index (χ1n) is 10.4. The Balaban J connectivity index is 1.79. The summed E-state index contributed by atoms with van der Waals surface area (Å²) in [7, 11) is -4.06. The van der Waals surface area contributed by atoms with Crippen molar-refractivity contribution in [2.75, 3.05) is 17.3 Å². The Morgan fingerprint density at radius 1 is 1.32 bits per heavy atom. The number of hydrazone groups is 1. The number of hydrogen-bond donors (Lipinski definition) is 3. The smallest absolute Gasteiger partial charge is 0.245 e. The fraction of sp³-hybridized carbons (Fsp3) is 0.364. The number of rotatable bonds is 5. The third-order valence-corrected chi connectivity index (χ3v) is 7.76. The van der Waals surface area contributed by atoms with E-state index in [-0.39, 0.29) is 35.2 Å². The van der Waals surface area contributed by atoms with Gasteiger partial charge in [0.1, 0.15) is 5.82 Å². The molecule has 2 heterocycles. The summed E-state index contributed by atoms with van der Waals surface area (Å²) in [5.41, 5.74) is 8.37. The van der Waals surface area contributed by atoms with Crippen LogP contribution in [0.4, 0.5) is 10.1 Å². The van der Waals surface area contributed by atoms with Crippen LogP contribution in [-0.4, -0.2) is 43.7 Å². The first kappa shape index (κ1) is 24.4. The number of fused-ring (bicyclic) bond motifs is 1. The average molecular weight is 511 g/mol. The Bertz CT molecular complexity index is 1270. The molecule has 4 N–H and O–H groups in total. The molecule has 2 aromatic carbocycles. The molecule has 34 heavy (non-hydrogen) atoms. The van der Waals surface area contributed by atoms with Crippen molar-refractivity contribution < 1.29 is 27.4 Å². The number of nitrogens with zero attached hydrogens (tertiary/aromatic N) is 2. The summed E-state index contributed by atoms with van der Waals surface area (Å²) < 4.78 is 46.8. The highest BCUT2D eigenvalue weighted by atomic mass is 35.5. The van der Waals surface area contributed by atoms with E-state index in [0.717, 1.165) is 6.07 Å². The van der Waals surface area contributed by atoms with Crippen LogP contribution in [0.2, 0.25) is 5.02 Å². The lowest BCUT2D eigenvalue weighted by Gasteiger charge is -2.26. The number of anilines is 1. The van der Waals surface area contributed by atoms with Crippen LogP contribution in [0.25, 0.3) is 0 Å². The van der Waals surface area contributed by atoms with E-state index >= 15 is 4.39 Å². The van der Waals surface area contributed by atoms with Crippen LogP contribution in [0, 0.1) is 11.2 Å². The molecule has 1 amide bonds. The van der Waals surface area contributed by atoms with Crippen LogP contribution in [-0.2, 0) is 25.9 Å². The zero-order chi connectivity index (χ0) is 24.8. The predicted octanol–water partition coefficient (Wildman–Crippen LogP) is 2.08. The quantitative estimate of drug-likeness (QED) is 0.560. The highest BCUT2D eigenvalue weighted by Gasteiger charge is 2.39. The maximum atomic E-state index is 15.2. The van der Waals surface area contributed by atoms with Crippen LogP contribution in [0.15, 0.2) is 46.4 Å². The molecule has 0 bridgehead atoms. The Kier molecular flexibility index (Phi) is 6.32. The van der Waals surface area contributed by atoms with Gasteiger partial charge in [0.15, 0.2) is 9.84 Å². The Hall–Kier alpha value is -2.73. The maximum Gasteiger partial charge on any atom is 0.245 e. The highest BCUT2D eigenvalue weighted by molar-refractivity contribution is 7.91. The fourth-order valence-electron chi connectivity index (χ4n) is 3.67. The lowest BCUT2D eigenvalue weighted by Crippen LogP contribution is -2.45. The van der Waals surface area contributed by atoms with Crippen molar-refractivity contribution >= 4 is 38.9 Å². The lowest BCUT2D eigenvalue weighted by molar-refractivity contribution is -0.119. The van der Waals surface area contributed by atoms with Gasteiger partial charge in [-0.2, -0.15) is 0 Å². The lowest BCUT2D eigenvalue weighted by atomic mass is 9.95. The maximum absolute atomic E-state index is 15.2. The van der Waals surface area contributed by atoms with E-state index in [4.69, 9.17) is 22.1 Å². The van der Waals surface area contributed by atoms with E-state index < -0.39 is 45.0 Å². The van der Waals surface area contributed by atoms with E-state index in [1.807, 2.05) is 0 Å². The summed E-state index contributed by atoms with van der Waals surface area (Å²) in [4.78, 5) is 14.0. The van der Waals surface area contributed by atoms with E-state index in [1.54, 1.807) is 38.1 Å². The number of nitrogens with two attached hydrogens (primary N) is 1. The molecule has 0 aliphatic carbocycles. The van der Waals surface area contributed by atoms with Crippen molar-refractivity contribution in [2.45, 2.75) is 37.6 Å². The molecule has 12 heteroatoms. The fourth-order valence-corrected chi connectivity index (χ4v) is 5.36. The summed E-state index contributed by atoms with van der Waals surface area (Å²) in [6.07, 6.45) is -1.08. The molecule has 2 aromatic rings. The molecule has 182 valence electrons. The van der Waals surface area contributed by atoms with E-state index in [0.29, 0.717) is 10.6 Å². The van der Waals surface area contributed by atoms with Gasteiger partial charge in [-0.05, 0) is 43.7 Å². The van der Waals surface area contributed by atoms with Crippen LogP contribution in [0.3, 0.4) is 0 Å². The van der Waals surface area contributed by atoms with E-state index in [1.165, 1.54) is 11.0 Å². The number of sulfone groups is 1. The van der Waals surface area contributed by atoms with Gasteiger partial charge in [-0.1, -0.05) is 23.7 Å². The van der Waals surface area contributed by atoms with Gasteiger partial charge >= 0.3 is 0 Å². The van der Waals surface area contributed by atoms with Gasteiger partial charge < -0.3 is 20.5 Å². The number of nitrogens with one attached hydrogen (secondary N) is 1. The molecule has 1 unspecified atom stereocenters. The predicted molar refractivity (Wildman–Crippen MR) is 124 cm³/mol. The number of hydrogen-bond acceptors (Lipinski definition) is 8. The van der Waals surface area contributed by atoms with Gasteiger partial charge in [0.05, 0.1) is 46.5 Å². The minimum Gasteiger partial charge on any atom is -0.450 e. The van der Waals surface area contributed by atoms with Crippen molar-refractivity contribution in [3.05, 3.63) is 58.4 Å². The van der Waals surface area contributed by atoms with Gasteiger partial charge in [-0.3, -0.25) is 10.2 Å². The van der Waals surface area contributed by atoms with Crippen molar-refractivity contribution in [2.24, 2.45) is 16.3 Å². The first-order chi connectivity index (χ1) is 15.9. The molecule has 0 spiro atoms. The third-order valence-electron chi connectivity index (χ3n) is 5.71. The second kappa shape index (κ2) is 8.81. The SMILES string of the molecule is CC(C)(CO)C1=NNC(c2cc3c(cc2F)S(=O)(=O)C[C@H](N)C(=O)N3Cc2ccc(Cl)cc2)O1. The van der Waals surface area contributed by atoms with Crippen molar-refractivity contribution in [3.8, 4) is 0 Å². The van der Waals surface area contributed by atoms with E-state index in [2.05, 4.69) is 10.5 Å². The minimum atomic E-state index is -4.06. The number of aliphatic hydroxyl groups is 1. The molecular weight excluding hydrogens is 487 g/mol. The Morgan fingerprint density at radius 3 is 2.65 bits per heavy atom. The third kappa shape index (κ3) is 4.48. The van der Waals surface area contributed by atoms with Crippen LogP contribution >= 0.6 is 11.6 Å². The summed E-state index contributed by atoms with van der Waals surface area (Å²) in [5, 5.41) is 14.1. The molecule has 2 aliphatic rings. The van der Waals surface area contributed by atoms with Gasteiger partial charge in [0, 0.05) is 5.02 Å². The zero-order valence-corrected chi connectivity index (χ0v) is 20.0. The molecule has 4 rings (SSSR count). The molecule has 0 aromatic heterocycles. The van der Waals surface area contributed by atoms with Crippen molar-refractivity contribution in [1.29, 1.82) is 0 Å². The molecule has 2 aliphatic heterocycles. The number of benzene rings is 2. The molecule has 0 fully saturated rings. The van der Waals surface area contributed by atoms with Gasteiger partial charge in [0.2, 0.25) is 18.0 Å². The monoisotopic (exact) mass is 510 g/mol. The number of ether oxygens (including phenoxy) is 1. The molecule has 0 saturated heterocycles. The number of aliphatic hydroxyl groups excluding tert-OH is 1. The Labute approximate surface area is 201 Å². The van der Waals surface area contributed by atoms with Crippen LogP contribution < -0.4 is 16.1 Å². The highest BCUT2D eigenvalue weighted by Crippen LogP contribution is 2.37.